The Bertz CT molecular complexity index is 842. The summed E-state index contributed by atoms with van der Waals surface area (Å²) in [6.45, 7) is 2.03. The molecule has 4 nitrogen and oxygen atoms in total. The van der Waals surface area contributed by atoms with E-state index in [2.05, 4.69) is 4.98 Å². The smallest absolute Gasteiger partial charge is 0.341 e. The van der Waals surface area contributed by atoms with Crippen LogP contribution >= 0.6 is 0 Å². The van der Waals surface area contributed by atoms with E-state index in [-0.39, 0.29) is 61.2 Å². The van der Waals surface area contributed by atoms with Crippen LogP contribution < -0.4 is 4.90 Å². The van der Waals surface area contributed by atoms with E-state index in [1.165, 1.54) is 6.07 Å². The predicted molar refractivity (Wildman–Crippen MR) is 88.6 cm³/mol. The van der Waals surface area contributed by atoms with E-state index in [1.54, 1.807) is 11.8 Å². The molecule has 3 rings (SSSR count). The van der Waals surface area contributed by atoms with Crippen LogP contribution in [0, 0.1) is 11.6 Å². The molecular weight excluding hydrogens is 352 g/mol. The molecule has 0 N–H and O–H groups in total. The number of esters is 1. The van der Waals surface area contributed by atoms with Gasteiger partial charge < -0.3 is 9.64 Å². The Morgan fingerprint density at radius 3 is 2.65 bits per heavy atom. The molecule has 0 amide bonds. The summed E-state index contributed by atoms with van der Waals surface area (Å²) in [5, 5.41) is 0.232. The fourth-order valence-corrected chi connectivity index (χ4v) is 3.03. The van der Waals surface area contributed by atoms with Gasteiger partial charge in [0.1, 0.15) is 11.4 Å². The van der Waals surface area contributed by atoms with E-state index in [4.69, 9.17) is 4.74 Å². The van der Waals surface area contributed by atoms with Gasteiger partial charge in [-0.3, -0.25) is 0 Å². The van der Waals surface area contributed by atoms with E-state index >= 15 is 0 Å². The van der Waals surface area contributed by atoms with Crippen LogP contribution in [0.25, 0.3) is 10.9 Å². The van der Waals surface area contributed by atoms with Crippen molar-refractivity contribution in [1.29, 1.82) is 0 Å². The van der Waals surface area contributed by atoms with Crippen molar-refractivity contribution in [1.82, 2.24) is 4.98 Å². The number of rotatable bonds is 3. The lowest BCUT2D eigenvalue weighted by molar-refractivity contribution is -0.0102. The molecule has 1 saturated heterocycles. The summed E-state index contributed by atoms with van der Waals surface area (Å²) in [6.07, 6.45) is -0.384. The molecule has 1 aliphatic heterocycles. The van der Waals surface area contributed by atoms with E-state index < -0.39 is 23.5 Å². The number of halogens is 4. The fourth-order valence-electron chi connectivity index (χ4n) is 3.03. The van der Waals surface area contributed by atoms with Crippen molar-refractivity contribution < 1.29 is 27.1 Å². The zero-order valence-corrected chi connectivity index (χ0v) is 14.2. The molecule has 0 unspecified atom stereocenters. The van der Waals surface area contributed by atoms with Crippen LogP contribution in [-0.2, 0) is 4.74 Å². The van der Waals surface area contributed by atoms with Gasteiger partial charge in [-0.05, 0) is 25.5 Å². The van der Waals surface area contributed by atoms with Crippen LogP contribution in [0.15, 0.2) is 18.2 Å². The minimum atomic E-state index is -2.77. The van der Waals surface area contributed by atoms with E-state index in [9.17, 15) is 22.4 Å². The highest BCUT2D eigenvalue weighted by Crippen LogP contribution is 2.32. The van der Waals surface area contributed by atoms with Crippen molar-refractivity contribution in [3.05, 3.63) is 35.4 Å². The largest absolute Gasteiger partial charge is 0.462 e. The molecular formula is C18H18F4N2O2. The van der Waals surface area contributed by atoms with Gasteiger partial charge in [0.05, 0.1) is 12.1 Å². The van der Waals surface area contributed by atoms with Crippen molar-refractivity contribution in [2.75, 3.05) is 24.6 Å². The number of anilines is 1. The third-order valence-electron chi connectivity index (χ3n) is 4.35. The lowest BCUT2D eigenvalue weighted by atomic mass is 10.1. The van der Waals surface area contributed by atoms with Gasteiger partial charge >= 0.3 is 5.97 Å². The highest BCUT2D eigenvalue weighted by Gasteiger charge is 2.33. The summed E-state index contributed by atoms with van der Waals surface area (Å²) >= 11 is 0. The fraction of sp³-hybridized carbons (Fsp3) is 0.444. The van der Waals surface area contributed by atoms with Crippen molar-refractivity contribution in [2.45, 2.75) is 32.1 Å². The lowest BCUT2D eigenvalue weighted by Gasteiger charge is -2.24. The average Bonchev–Trinajstić information content (AvgIpc) is 2.76. The van der Waals surface area contributed by atoms with Crippen LogP contribution in [0.4, 0.5) is 23.4 Å². The van der Waals surface area contributed by atoms with Gasteiger partial charge in [-0.2, -0.15) is 0 Å². The summed E-state index contributed by atoms with van der Waals surface area (Å²) in [6, 6.07) is 3.23. The second-order valence-electron chi connectivity index (χ2n) is 6.24. The summed E-state index contributed by atoms with van der Waals surface area (Å²) in [5.41, 5.74) is 0.193. The number of fused-ring (bicyclic) bond motifs is 1. The molecule has 0 atom stereocenters. The normalized spacial score (nSPS) is 17.2. The van der Waals surface area contributed by atoms with Gasteiger partial charge in [0.25, 0.3) is 0 Å². The Labute approximate surface area is 147 Å². The Morgan fingerprint density at radius 2 is 1.92 bits per heavy atom. The number of aromatic nitrogens is 1. The molecule has 2 heterocycles. The van der Waals surface area contributed by atoms with Crippen molar-refractivity contribution in [3.8, 4) is 0 Å². The number of carbonyl (C=O) groups is 1. The third kappa shape index (κ3) is 3.73. The minimum Gasteiger partial charge on any atom is -0.462 e. The number of ether oxygens (including phenoxy) is 1. The van der Waals surface area contributed by atoms with Crippen LogP contribution in [0.2, 0.25) is 0 Å². The number of pyridine rings is 1. The molecule has 2 aromatic rings. The topological polar surface area (TPSA) is 42.4 Å². The van der Waals surface area contributed by atoms with E-state index in [1.807, 2.05) is 0 Å². The van der Waals surface area contributed by atoms with Crippen molar-refractivity contribution in [3.63, 3.8) is 0 Å². The number of hydrogen-bond acceptors (Lipinski definition) is 4. The lowest BCUT2D eigenvalue weighted by Crippen LogP contribution is -2.28. The first-order valence-corrected chi connectivity index (χ1v) is 8.40. The van der Waals surface area contributed by atoms with Crippen LogP contribution in [-0.4, -0.2) is 36.6 Å². The average molecular weight is 370 g/mol. The minimum absolute atomic E-state index is 0.00158. The number of nitrogens with zero attached hydrogens (tertiary/aromatic N) is 2. The molecule has 0 aliphatic carbocycles. The number of carbonyl (C=O) groups excluding carboxylic acids is 1. The molecule has 1 aromatic heterocycles. The zero-order chi connectivity index (χ0) is 18.9. The van der Waals surface area contributed by atoms with Gasteiger partial charge in [-0.25, -0.2) is 27.3 Å². The second kappa shape index (κ2) is 7.09. The first-order chi connectivity index (χ1) is 12.3. The summed E-state index contributed by atoms with van der Waals surface area (Å²) in [5.74, 6) is -5.43. The summed E-state index contributed by atoms with van der Waals surface area (Å²) < 4.78 is 59.4. The quantitative estimate of drug-likeness (QED) is 0.596. The number of benzene rings is 1. The van der Waals surface area contributed by atoms with Gasteiger partial charge in [0, 0.05) is 37.4 Å². The maximum absolute atomic E-state index is 13.7. The Kier molecular flexibility index (Phi) is 5.02. The van der Waals surface area contributed by atoms with Crippen molar-refractivity contribution in [2.24, 2.45) is 0 Å². The van der Waals surface area contributed by atoms with Crippen LogP contribution in [0.5, 0.6) is 0 Å². The summed E-state index contributed by atoms with van der Waals surface area (Å²) in [7, 11) is 0. The molecule has 26 heavy (non-hydrogen) atoms. The first kappa shape index (κ1) is 18.4. The first-order valence-electron chi connectivity index (χ1n) is 8.40. The zero-order valence-electron chi connectivity index (χ0n) is 14.2. The maximum atomic E-state index is 13.7. The van der Waals surface area contributed by atoms with Gasteiger partial charge in [0.15, 0.2) is 11.6 Å². The molecule has 0 bridgehead atoms. The maximum Gasteiger partial charge on any atom is 0.341 e. The Hall–Kier alpha value is -2.38. The Balaban J connectivity index is 2.10. The molecule has 1 aromatic carbocycles. The molecule has 140 valence electrons. The summed E-state index contributed by atoms with van der Waals surface area (Å²) in [4.78, 5) is 18.2. The molecule has 8 heteroatoms. The van der Waals surface area contributed by atoms with E-state index in [0.717, 1.165) is 12.1 Å². The standard InChI is InChI=1S/C18H18F4N2O2/c1-2-26-17(25)12-8-11-9-13(19)14(20)10-15(11)23-16(12)24-6-3-4-18(21,22)5-7-24/h8-10H,2-7H2,1H3. The molecule has 0 saturated carbocycles. The van der Waals surface area contributed by atoms with Gasteiger partial charge in [0.2, 0.25) is 5.92 Å². The van der Waals surface area contributed by atoms with Gasteiger partial charge in [-0.1, -0.05) is 0 Å². The SMILES string of the molecule is CCOC(=O)c1cc2cc(F)c(F)cc2nc1N1CCCC(F)(F)CC1. The molecule has 0 spiro atoms. The van der Waals surface area contributed by atoms with Crippen LogP contribution in [0.1, 0.15) is 36.5 Å². The predicted octanol–water partition coefficient (Wildman–Crippen LogP) is 4.32. The second-order valence-corrected chi connectivity index (χ2v) is 6.24. The highest BCUT2D eigenvalue weighted by atomic mass is 19.3. The van der Waals surface area contributed by atoms with Crippen molar-refractivity contribution >= 4 is 22.7 Å². The molecule has 1 aliphatic rings. The monoisotopic (exact) mass is 370 g/mol. The number of hydrogen-bond donors (Lipinski definition) is 0. The third-order valence-corrected chi connectivity index (χ3v) is 4.35. The molecule has 1 fully saturated rings. The van der Waals surface area contributed by atoms with E-state index in [0.29, 0.717) is 0 Å². The van der Waals surface area contributed by atoms with Crippen LogP contribution in [0.3, 0.4) is 0 Å². The van der Waals surface area contributed by atoms with Gasteiger partial charge in [-0.15, -0.1) is 0 Å². The number of alkyl halides is 2. The highest BCUT2D eigenvalue weighted by molar-refractivity contribution is 5.99. The molecule has 0 radical (unpaired) electrons. The Morgan fingerprint density at radius 1 is 1.19 bits per heavy atom.